The molecule has 0 aliphatic heterocycles. The van der Waals surface area contributed by atoms with Crippen molar-refractivity contribution >= 4 is 23.2 Å². The molecule has 2 unspecified atom stereocenters. The van der Waals surface area contributed by atoms with Crippen LogP contribution in [0.15, 0.2) is 18.2 Å². The maximum atomic E-state index is 6.04. The molecule has 0 bridgehead atoms. The molecular formula is C13H17Cl2N. The van der Waals surface area contributed by atoms with Gasteiger partial charge in [0.05, 0.1) is 0 Å². The summed E-state index contributed by atoms with van der Waals surface area (Å²) in [5.74, 6) is 1.12. The fourth-order valence-corrected chi connectivity index (χ4v) is 3.26. The summed E-state index contributed by atoms with van der Waals surface area (Å²) in [6, 6.07) is 5.85. The zero-order valence-electron chi connectivity index (χ0n) is 9.26. The van der Waals surface area contributed by atoms with E-state index in [1.807, 2.05) is 12.1 Å². The summed E-state index contributed by atoms with van der Waals surface area (Å²) in [6.07, 6.45) is 5.02. The van der Waals surface area contributed by atoms with E-state index < -0.39 is 0 Å². The molecule has 2 N–H and O–H groups in total. The molecule has 1 fully saturated rings. The fraction of sp³-hybridized carbons (Fsp3) is 0.538. The normalized spacial score (nSPS) is 25.7. The quantitative estimate of drug-likeness (QED) is 0.844. The lowest BCUT2D eigenvalue weighted by Crippen LogP contribution is -2.25. The highest BCUT2D eigenvalue weighted by molar-refractivity contribution is 6.34. The van der Waals surface area contributed by atoms with Crippen molar-refractivity contribution in [2.24, 2.45) is 11.7 Å². The molecule has 1 aliphatic rings. The van der Waals surface area contributed by atoms with Crippen molar-refractivity contribution in [3.63, 3.8) is 0 Å². The second-order valence-corrected chi connectivity index (χ2v) is 5.46. The maximum Gasteiger partial charge on any atom is 0.0423 e. The first kappa shape index (κ1) is 12.2. The molecule has 1 saturated carbocycles. The molecule has 1 nitrogen and oxygen atoms in total. The molecule has 1 aromatic rings. The Labute approximate surface area is 107 Å². The van der Waals surface area contributed by atoms with E-state index in [1.165, 1.54) is 31.2 Å². The average molecular weight is 258 g/mol. The lowest BCUT2D eigenvalue weighted by Gasteiger charge is -2.31. The van der Waals surface area contributed by atoms with Crippen molar-refractivity contribution in [2.45, 2.75) is 31.6 Å². The minimum Gasteiger partial charge on any atom is -0.330 e. The van der Waals surface area contributed by atoms with Gasteiger partial charge in [0.1, 0.15) is 0 Å². The highest BCUT2D eigenvalue weighted by Gasteiger charge is 2.25. The average Bonchev–Trinajstić information content (AvgIpc) is 2.27. The van der Waals surface area contributed by atoms with E-state index in [4.69, 9.17) is 28.9 Å². The van der Waals surface area contributed by atoms with Crippen LogP contribution in [0.25, 0.3) is 0 Å². The predicted octanol–water partition coefficient (Wildman–Crippen LogP) is 4.23. The zero-order chi connectivity index (χ0) is 11.5. The SMILES string of the molecule is NCC1CCCCC1c1cc(Cl)cc(Cl)c1. The number of benzene rings is 1. The Bertz CT molecular complexity index is 345. The summed E-state index contributed by atoms with van der Waals surface area (Å²) in [6.45, 7) is 0.759. The lowest BCUT2D eigenvalue weighted by molar-refractivity contribution is 0.314. The Morgan fingerprint density at radius 3 is 2.31 bits per heavy atom. The van der Waals surface area contributed by atoms with Crippen LogP contribution < -0.4 is 5.73 Å². The topological polar surface area (TPSA) is 26.0 Å². The fourth-order valence-electron chi connectivity index (χ4n) is 2.72. The van der Waals surface area contributed by atoms with Crippen LogP contribution in [0, 0.1) is 5.92 Å². The standard InChI is InChI=1S/C13H17Cl2N/c14-11-5-10(6-12(15)7-11)13-4-2-1-3-9(13)8-16/h5-7,9,13H,1-4,8,16H2. The van der Waals surface area contributed by atoms with E-state index in [2.05, 4.69) is 0 Å². The van der Waals surface area contributed by atoms with Crippen molar-refractivity contribution in [3.8, 4) is 0 Å². The van der Waals surface area contributed by atoms with E-state index in [-0.39, 0.29) is 0 Å². The zero-order valence-corrected chi connectivity index (χ0v) is 10.8. The van der Waals surface area contributed by atoms with Crippen LogP contribution in [0.2, 0.25) is 10.0 Å². The van der Waals surface area contributed by atoms with Gasteiger partial charge < -0.3 is 5.73 Å². The molecule has 0 saturated heterocycles. The van der Waals surface area contributed by atoms with Gasteiger partial charge in [-0.05, 0) is 55.0 Å². The maximum absolute atomic E-state index is 6.04. The number of halogens is 2. The Balaban J connectivity index is 2.26. The minimum absolute atomic E-state index is 0.537. The highest BCUT2D eigenvalue weighted by atomic mass is 35.5. The third kappa shape index (κ3) is 2.71. The van der Waals surface area contributed by atoms with E-state index in [0.717, 1.165) is 16.6 Å². The van der Waals surface area contributed by atoms with Crippen molar-refractivity contribution < 1.29 is 0 Å². The summed E-state index contributed by atoms with van der Waals surface area (Å²) in [5.41, 5.74) is 7.10. The molecule has 0 heterocycles. The van der Waals surface area contributed by atoms with Crippen molar-refractivity contribution in [3.05, 3.63) is 33.8 Å². The van der Waals surface area contributed by atoms with Crippen LogP contribution in [0.1, 0.15) is 37.2 Å². The van der Waals surface area contributed by atoms with Crippen molar-refractivity contribution in [1.29, 1.82) is 0 Å². The van der Waals surface area contributed by atoms with E-state index in [9.17, 15) is 0 Å². The molecule has 2 atom stereocenters. The van der Waals surface area contributed by atoms with Crippen LogP contribution in [0.4, 0.5) is 0 Å². The monoisotopic (exact) mass is 257 g/mol. The summed E-state index contributed by atoms with van der Waals surface area (Å²) >= 11 is 12.1. The number of rotatable bonds is 2. The largest absolute Gasteiger partial charge is 0.330 e. The van der Waals surface area contributed by atoms with Gasteiger partial charge >= 0.3 is 0 Å². The van der Waals surface area contributed by atoms with Gasteiger partial charge in [-0.1, -0.05) is 36.0 Å². The summed E-state index contributed by atoms with van der Waals surface area (Å²) < 4.78 is 0. The molecule has 0 aromatic heterocycles. The Hall–Kier alpha value is -0.240. The first-order valence-corrected chi connectivity index (χ1v) is 6.62. The second-order valence-electron chi connectivity index (χ2n) is 4.59. The van der Waals surface area contributed by atoms with Gasteiger partial charge in [-0.15, -0.1) is 0 Å². The highest BCUT2D eigenvalue weighted by Crippen LogP contribution is 2.38. The Morgan fingerprint density at radius 2 is 1.69 bits per heavy atom. The molecule has 0 radical (unpaired) electrons. The third-order valence-electron chi connectivity index (χ3n) is 3.52. The predicted molar refractivity (Wildman–Crippen MR) is 70.2 cm³/mol. The van der Waals surface area contributed by atoms with E-state index in [0.29, 0.717) is 11.8 Å². The summed E-state index contributed by atoms with van der Waals surface area (Å²) in [5, 5.41) is 1.45. The molecule has 3 heteroatoms. The number of nitrogens with two attached hydrogens (primary N) is 1. The van der Waals surface area contributed by atoms with Crippen LogP contribution in [-0.4, -0.2) is 6.54 Å². The van der Waals surface area contributed by atoms with Gasteiger partial charge in [0.2, 0.25) is 0 Å². The second kappa shape index (κ2) is 5.39. The third-order valence-corrected chi connectivity index (χ3v) is 3.96. The summed E-state index contributed by atoms with van der Waals surface area (Å²) in [4.78, 5) is 0. The first-order chi connectivity index (χ1) is 7.70. The number of hydrogen-bond donors (Lipinski definition) is 1. The van der Waals surface area contributed by atoms with Gasteiger partial charge in [0.15, 0.2) is 0 Å². The molecule has 2 rings (SSSR count). The van der Waals surface area contributed by atoms with E-state index >= 15 is 0 Å². The molecule has 88 valence electrons. The van der Waals surface area contributed by atoms with Gasteiger partial charge in [0, 0.05) is 10.0 Å². The van der Waals surface area contributed by atoms with Crippen LogP contribution in [-0.2, 0) is 0 Å². The molecule has 1 aromatic carbocycles. The van der Waals surface area contributed by atoms with Crippen LogP contribution in [0.5, 0.6) is 0 Å². The van der Waals surface area contributed by atoms with Gasteiger partial charge in [0.25, 0.3) is 0 Å². The Morgan fingerprint density at radius 1 is 1.06 bits per heavy atom. The van der Waals surface area contributed by atoms with Crippen molar-refractivity contribution in [1.82, 2.24) is 0 Å². The lowest BCUT2D eigenvalue weighted by atomic mass is 9.75. The van der Waals surface area contributed by atoms with Crippen molar-refractivity contribution in [2.75, 3.05) is 6.54 Å². The summed E-state index contributed by atoms with van der Waals surface area (Å²) in [7, 11) is 0. The molecule has 1 aliphatic carbocycles. The van der Waals surface area contributed by atoms with E-state index in [1.54, 1.807) is 6.07 Å². The number of hydrogen-bond acceptors (Lipinski definition) is 1. The van der Waals surface area contributed by atoms with Crippen LogP contribution in [0.3, 0.4) is 0 Å². The molecule has 16 heavy (non-hydrogen) atoms. The smallest absolute Gasteiger partial charge is 0.0423 e. The minimum atomic E-state index is 0.537. The van der Waals surface area contributed by atoms with Gasteiger partial charge in [-0.25, -0.2) is 0 Å². The first-order valence-electron chi connectivity index (χ1n) is 5.87. The molecule has 0 spiro atoms. The Kier molecular flexibility index (Phi) is 4.12. The molecule has 0 amide bonds. The molecular weight excluding hydrogens is 241 g/mol. The van der Waals surface area contributed by atoms with Gasteiger partial charge in [-0.3, -0.25) is 0 Å². The van der Waals surface area contributed by atoms with Gasteiger partial charge in [-0.2, -0.15) is 0 Å². The van der Waals surface area contributed by atoms with Crippen LogP contribution >= 0.6 is 23.2 Å².